The van der Waals surface area contributed by atoms with Crippen molar-refractivity contribution in [2.75, 3.05) is 14.2 Å². The van der Waals surface area contributed by atoms with Crippen molar-refractivity contribution >= 4 is 12.0 Å². The van der Waals surface area contributed by atoms with Gasteiger partial charge < -0.3 is 14.8 Å². The van der Waals surface area contributed by atoms with Crippen LogP contribution >= 0.6 is 0 Å². The number of hydrogen-bond acceptors (Lipinski definition) is 4. The average Bonchev–Trinajstić information content (AvgIpc) is 2.66. The van der Waals surface area contributed by atoms with Gasteiger partial charge in [-0.05, 0) is 36.3 Å². The van der Waals surface area contributed by atoms with Crippen LogP contribution in [-0.2, 0) is 4.79 Å². The lowest BCUT2D eigenvalue weighted by molar-refractivity contribution is -0.117. The summed E-state index contributed by atoms with van der Waals surface area (Å²) in [6.45, 7) is 1.87. The van der Waals surface area contributed by atoms with E-state index in [-0.39, 0.29) is 11.6 Å². The molecule has 0 aliphatic carbocycles. The summed E-state index contributed by atoms with van der Waals surface area (Å²) in [5.41, 5.74) is 1.67. The molecule has 128 valence electrons. The lowest BCUT2D eigenvalue weighted by Crippen LogP contribution is -2.27. The van der Waals surface area contributed by atoms with Gasteiger partial charge in [0, 0.05) is 0 Å². The second kappa shape index (κ2) is 8.55. The zero-order chi connectivity index (χ0) is 18.2. The van der Waals surface area contributed by atoms with Gasteiger partial charge in [-0.15, -0.1) is 0 Å². The van der Waals surface area contributed by atoms with E-state index in [0.29, 0.717) is 17.1 Å². The molecule has 25 heavy (non-hydrogen) atoms. The van der Waals surface area contributed by atoms with Crippen LogP contribution in [0.3, 0.4) is 0 Å². The molecule has 1 atom stereocenters. The molecule has 2 rings (SSSR count). The molecule has 5 nitrogen and oxygen atoms in total. The monoisotopic (exact) mass is 336 g/mol. The third kappa shape index (κ3) is 4.61. The summed E-state index contributed by atoms with van der Waals surface area (Å²) < 4.78 is 10.4. The minimum atomic E-state index is -0.423. The van der Waals surface area contributed by atoms with E-state index in [9.17, 15) is 10.1 Å². The average molecular weight is 336 g/mol. The van der Waals surface area contributed by atoms with Crippen LogP contribution < -0.4 is 14.8 Å². The van der Waals surface area contributed by atoms with Crippen LogP contribution in [0, 0.1) is 11.3 Å². The van der Waals surface area contributed by atoms with Gasteiger partial charge in [0.1, 0.15) is 11.6 Å². The normalized spacial score (nSPS) is 12.0. The van der Waals surface area contributed by atoms with Crippen molar-refractivity contribution < 1.29 is 14.3 Å². The Labute approximate surface area is 147 Å². The van der Waals surface area contributed by atoms with Crippen LogP contribution in [0.1, 0.15) is 24.1 Å². The molecule has 0 aliphatic rings. The second-order valence-electron chi connectivity index (χ2n) is 5.39. The van der Waals surface area contributed by atoms with Crippen LogP contribution in [0.4, 0.5) is 0 Å². The summed E-state index contributed by atoms with van der Waals surface area (Å²) in [6.07, 6.45) is 1.52. The predicted octanol–water partition coefficient (Wildman–Crippen LogP) is 3.49. The van der Waals surface area contributed by atoms with Crippen molar-refractivity contribution in [3.63, 3.8) is 0 Å². The molecular weight excluding hydrogens is 316 g/mol. The summed E-state index contributed by atoms with van der Waals surface area (Å²) >= 11 is 0. The van der Waals surface area contributed by atoms with Crippen molar-refractivity contribution in [1.82, 2.24) is 5.32 Å². The Morgan fingerprint density at radius 2 is 1.80 bits per heavy atom. The Morgan fingerprint density at radius 3 is 2.40 bits per heavy atom. The first-order chi connectivity index (χ1) is 12.1. The Balaban J connectivity index is 2.19. The van der Waals surface area contributed by atoms with Gasteiger partial charge in [-0.3, -0.25) is 4.79 Å². The lowest BCUT2D eigenvalue weighted by atomic mass is 10.1. The number of hydrogen-bond donors (Lipinski definition) is 1. The molecule has 2 aromatic carbocycles. The first kappa shape index (κ1) is 18.1. The van der Waals surface area contributed by atoms with Crippen molar-refractivity contribution in [1.29, 1.82) is 5.26 Å². The molecule has 2 aromatic rings. The Kier molecular flexibility index (Phi) is 6.19. The van der Waals surface area contributed by atoms with Gasteiger partial charge in [0.2, 0.25) is 0 Å². The van der Waals surface area contributed by atoms with Crippen molar-refractivity contribution in [2.45, 2.75) is 13.0 Å². The molecule has 0 unspecified atom stereocenters. The SMILES string of the molecule is COc1ccc(/C=C(\C#N)C(=O)N[C@H](C)c2ccccc2)cc1OC. The first-order valence-corrected chi connectivity index (χ1v) is 7.78. The van der Waals surface area contributed by atoms with Gasteiger partial charge in [-0.1, -0.05) is 36.4 Å². The number of carbonyl (C=O) groups excluding carboxylic acids is 1. The van der Waals surface area contributed by atoms with Gasteiger partial charge in [-0.2, -0.15) is 5.26 Å². The predicted molar refractivity (Wildman–Crippen MR) is 96.1 cm³/mol. The molecule has 0 fully saturated rings. The summed E-state index contributed by atoms with van der Waals surface area (Å²) in [5.74, 6) is 0.695. The van der Waals surface area contributed by atoms with Crippen LogP contribution in [0.15, 0.2) is 54.1 Å². The van der Waals surface area contributed by atoms with Crippen molar-refractivity contribution in [2.24, 2.45) is 0 Å². The van der Waals surface area contributed by atoms with Crippen molar-refractivity contribution in [3.8, 4) is 17.6 Å². The van der Waals surface area contributed by atoms with Crippen LogP contribution in [0.25, 0.3) is 6.08 Å². The summed E-state index contributed by atoms with van der Waals surface area (Å²) in [4.78, 5) is 12.4. The molecule has 0 saturated carbocycles. The molecular formula is C20H20N2O3. The van der Waals surface area contributed by atoms with Gasteiger partial charge in [-0.25, -0.2) is 0 Å². The van der Waals surface area contributed by atoms with Gasteiger partial charge in [0.15, 0.2) is 11.5 Å². The Bertz CT molecular complexity index is 807. The van der Waals surface area contributed by atoms with Gasteiger partial charge in [0.25, 0.3) is 5.91 Å². The van der Waals surface area contributed by atoms with Gasteiger partial charge >= 0.3 is 0 Å². The minimum absolute atomic E-state index is 0.0231. The number of benzene rings is 2. The fourth-order valence-corrected chi connectivity index (χ4v) is 2.36. The highest BCUT2D eigenvalue weighted by Crippen LogP contribution is 2.28. The molecule has 1 N–H and O–H groups in total. The maximum atomic E-state index is 12.4. The number of nitriles is 1. The highest BCUT2D eigenvalue weighted by molar-refractivity contribution is 6.01. The van der Waals surface area contributed by atoms with E-state index in [2.05, 4.69) is 5.32 Å². The van der Waals surface area contributed by atoms with E-state index in [4.69, 9.17) is 9.47 Å². The quantitative estimate of drug-likeness (QED) is 0.647. The summed E-state index contributed by atoms with van der Waals surface area (Å²) in [7, 11) is 3.08. The number of carbonyl (C=O) groups is 1. The van der Waals surface area contributed by atoms with E-state index in [1.807, 2.05) is 43.3 Å². The number of methoxy groups -OCH3 is 2. The summed E-state index contributed by atoms with van der Waals surface area (Å²) in [6, 6.07) is 16.5. The van der Waals surface area contributed by atoms with E-state index in [1.165, 1.54) is 13.2 Å². The number of rotatable bonds is 6. The van der Waals surface area contributed by atoms with Crippen LogP contribution in [0.5, 0.6) is 11.5 Å². The number of ether oxygens (including phenoxy) is 2. The third-order valence-corrected chi connectivity index (χ3v) is 3.73. The lowest BCUT2D eigenvalue weighted by Gasteiger charge is -2.14. The molecule has 0 spiro atoms. The van der Waals surface area contributed by atoms with Crippen LogP contribution in [0.2, 0.25) is 0 Å². The number of amides is 1. The highest BCUT2D eigenvalue weighted by Gasteiger charge is 2.14. The topological polar surface area (TPSA) is 71.3 Å². The zero-order valence-corrected chi connectivity index (χ0v) is 14.4. The van der Waals surface area contributed by atoms with E-state index in [1.54, 1.807) is 25.3 Å². The molecule has 5 heteroatoms. The molecule has 1 amide bonds. The maximum absolute atomic E-state index is 12.4. The van der Waals surface area contributed by atoms with E-state index < -0.39 is 5.91 Å². The van der Waals surface area contributed by atoms with Crippen LogP contribution in [-0.4, -0.2) is 20.1 Å². The Morgan fingerprint density at radius 1 is 1.12 bits per heavy atom. The fraction of sp³-hybridized carbons (Fsp3) is 0.200. The van der Waals surface area contributed by atoms with Crippen molar-refractivity contribution in [3.05, 3.63) is 65.2 Å². The Hall–Kier alpha value is -3.26. The summed E-state index contributed by atoms with van der Waals surface area (Å²) in [5, 5.41) is 12.2. The zero-order valence-electron chi connectivity index (χ0n) is 14.4. The first-order valence-electron chi connectivity index (χ1n) is 7.78. The second-order valence-corrected chi connectivity index (χ2v) is 5.39. The number of nitrogens with one attached hydrogen (secondary N) is 1. The molecule has 0 heterocycles. The molecule has 0 bridgehead atoms. The van der Waals surface area contributed by atoms with Gasteiger partial charge in [0.05, 0.1) is 20.3 Å². The fourth-order valence-electron chi connectivity index (χ4n) is 2.36. The van der Waals surface area contributed by atoms with E-state index >= 15 is 0 Å². The maximum Gasteiger partial charge on any atom is 0.262 e. The highest BCUT2D eigenvalue weighted by atomic mass is 16.5. The largest absolute Gasteiger partial charge is 0.493 e. The molecule has 0 aromatic heterocycles. The van der Waals surface area contributed by atoms with E-state index in [0.717, 1.165) is 5.56 Å². The smallest absolute Gasteiger partial charge is 0.262 e. The standard InChI is InChI=1S/C20H20N2O3/c1-14(16-7-5-4-6-8-16)22-20(23)17(13-21)11-15-9-10-18(24-2)19(12-15)25-3/h4-12,14H,1-3H3,(H,22,23)/b17-11+/t14-/m1/s1. The molecule has 0 aliphatic heterocycles. The number of nitrogens with zero attached hydrogens (tertiary/aromatic N) is 1. The molecule has 0 saturated heterocycles. The third-order valence-electron chi connectivity index (χ3n) is 3.73. The molecule has 0 radical (unpaired) electrons. The minimum Gasteiger partial charge on any atom is -0.493 e.